The Kier molecular flexibility index (Phi) is 4.09. The van der Waals surface area contributed by atoms with Crippen LogP contribution in [-0.2, 0) is 0 Å². The van der Waals surface area contributed by atoms with E-state index in [0.29, 0.717) is 12.4 Å². The average molecular weight is 244 g/mol. The molecule has 18 heavy (non-hydrogen) atoms. The number of anilines is 3. The monoisotopic (exact) mass is 244 g/mol. The van der Waals surface area contributed by atoms with Crippen molar-refractivity contribution < 1.29 is 5.11 Å². The SMILES string of the molecule is Cc1ccccc1Nc1cc(NCCO)ncn1. The van der Waals surface area contributed by atoms with Crippen LogP contribution >= 0.6 is 0 Å². The Morgan fingerprint density at radius 2 is 1.94 bits per heavy atom. The van der Waals surface area contributed by atoms with Gasteiger partial charge in [0.2, 0.25) is 0 Å². The van der Waals surface area contributed by atoms with E-state index in [9.17, 15) is 0 Å². The first kappa shape index (κ1) is 12.3. The lowest BCUT2D eigenvalue weighted by atomic mass is 10.2. The van der Waals surface area contributed by atoms with Gasteiger partial charge in [-0.3, -0.25) is 0 Å². The molecule has 0 bridgehead atoms. The van der Waals surface area contributed by atoms with Gasteiger partial charge in [0.25, 0.3) is 0 Å². The molecule has 5 heteroatoms. The van der Waals surface area contributed by atoms with Gasteiger partial charge in [-0.2, -0.15) is 0 Å². The Morgan fingerprint density at radius 1 is 1.17 bits per heavy atom. The molecular formula is C13H16N4O. The second kappa shape index (κ2) is 5.97. The summed E-state index contributed by atoms with van der Waals surface area (Å²) in [6, 6.07) is 9.81. The predicted molar refractivity (Wildman–Crippen MR) is 72.1 cm³/mol. The largest absolute Gasteiger partial charge is 0.395 e. The van der Waals surface area contributed by atoms with E-state index >= 15 is 0 Å². The second-order valence-corrected chi connectivity index (χ2v) is 3.88. The van der Waals surface area contributed by atoms with Crippen molar-refractivity contribution in [3.63, 3.8) is 0 Å². The van der Waals surface area contributed by atoms with Crippen molar-refractivity contribution in [2.45, 2.75) is 6.92 Å². The topological polar surface area (TPSA) is 70.1 Å². The van der Waals surface area contributed by atoms with E-state index in [0.717, 1.165) is 17.1 Å². The molecule has 0 aliphatic heterocycles. The lowest BCUT2D eigenvalue weighted by Gasteiger charge is -2.09. The summed E-state index contributed by atoms with van der Waals surface area (Å²) >= 11 is 0. The maximum absolute atomic E-state index is 8.75. The van der Waals surface area contributed by atoms with E-state index in [1.54, 1.807) is 0 Å². The molecule has 0 aliphatic carbocycles. The summed E-state index contributed by atoms with van der Waals surface area (Å²) in [7, 11) is 0. The fourth-order valence-electron chi connectivity index (χ4n) is 1.56. The Labute approximate surface area is 106 Å². The molecule has 1 aromatic carbocycles. The molecule has 2 aromatic rings. The minimum atomic E-state index is 0.0740. The number of rotatable bonds is 5. The zero-order valence-corrected chi connectivity index (χ0v) is 10.2. The normalized spacial score (nSPS) is 10.1. The third kappa shape index (κ3) is 3.18. The van der Waals surface area contributed by atoms with Gasteiger partial charge in [-0.1, -0.05) is 18.2 Å². The number of hydrogen-bond donors (Lipinski definition) is 3. The maximum Gasteiger partial charge on any atom is 0.135 e. The zero-order chi connectivity index (χ0) is 12.8. The molecule has 1 heterocycles. The third-order valence-electron chi connectivity index (χ3n) is 2.49. The van der Waals surface area contributed by atoms with Gasteiger partial charge in [-0.05, 0) is 18.6 Å². The van der Waals surface area contributed by atoms with Crippen molar-refractivity contribution in [3.05, 3.63) is 42.2 Å². The highest BCUT2D eigenvalue weighted by molar-refractivity contribution is 5.61. The number of aliphatic hydroxyl groups is 1. The van der Waals surface area contributed by atoms with Crippen molar-refractivity contribution in [2.75, 3.05) is 23.8 Å². The van der Waals surface area contributed by atoms with Gasteiger partial charge in [0.15, 0.2) is 0 Å². The molecule has 0 atom stereocenters. The highest BCUT2D eigenvalue weighted by Crippen LogP contribution is 2.19. The van der Waals surface area contributed by atoms with Crippen molar-refractivity contribution >= 4 is 17.3 Å². The van der Waals surface area contributed by atoms with Crippen LogP contribution in [0.25, 0.3) is 0 Å². The minimum Gasteiger partial charge on any atom is -0.395 e. The molecule has 0 radical (unpaired) electrons. The Morgan fingerprint density at radius 3 is 2.72 bits per heavy atom. The fourth-order valence-corrected chi connectivity index (χ4v) is 1.56. The number of nitrogens with one attached hydrogen (secondary N) is 2. The van der Waals surface area contributed by atoms with E-state index in [4.69, 9.17) is 5.11 Å². The molecule has 0 aliphatic rings. The molecule has 94 valence electrons. The van der Waals surface area contributed by atoms with E-state index in [2.05, 4.69) is 20.6 Å². The third-order valence-corrected chi connectivity index (χ3v) is 2.49. The first-order valence-electron chi connectivity index (χ1n) is 5.79. The van der Waals surface area contributed by atoms with Crippen LogP contribution in [0.15, 0.2) is 36.7 Å². The first-order valence-corrected chi connectivity index (χ1v) is 5.79. The molecule has 0 unspecified atom stereocenters. The molecule has 0 fully saturated rings. The Balaban J connectivity index is 2.12. The predicted octanol–water partition coefficient (Wildman–Crippen LogP) is 1.93. The van der Waals surface area contributed by atoms with Crippen molar-refractivity contribution in [1.82, 2.24) is 9.97 Å². The van der Waals surface area contributed by atoms with Gasteiger partial charge >= 0.3 is 0 Å². The molecule has 0 saturated carbocycles. The average Bonchev–Trinajstić information content (AvgIpc) is 2.40. The van der Waals surface area contributed by atoms with Crippen LogP contribution in [0, 0.1) is 6.92 Å². The Hall–Kier alpha value is -2.14. The van der Waals surface area contributed by atoms with E-state index in [1.165, 1.54) is 6.33 Å². The van der Waals surface area contributed by atoms with Crippen LogP contribution in [0.5, 0.6) is 0 Å². The summed E-state index contributed by atoms with van der Waals surface area (Å²) < 4.78 is 0. The van der Waals surface area contributed by atoms with Crippen LogP contribution in [0.3, 0.4) is 0 Å². The van der Waals surface area contributed by atoms with Crippen molar-refractivity contribution in [1.29, 1.82) is 0 Å². The van der Waals surface area contributed by atoms with Gasteiger partial charge < -0.3 is 15.7 Å². The maximum atomic E-state index is 8.75. The van der Waals surface area contributed by atoms with E-state index in [-0.39, 0.29) is 6.61 Å². The summed E-state index contributed by atoms with van der Waals surface area (Å²) in [6.07, 6.45) is 1.49. The van der Waals surface area contributed by atoms with Crippen LogP contribution in [-0.4, -0.2) is 28.2 Å². The molecule has 0 saturated heterocycles. The number of benzene rings is 1. The summed E-state index contributed by atoms with van der Waals surface area (Å²) in [5, 5.41) is 15.0. The summed E-state index contributed by atoms with van der Waals surface area (Å²) in [4.78, 5) is 8.23. The molecule has 2 rings (SSSR count). The summed E-state index contributed by atoms with van der Waals surface area (Å²) in [5.74, 6) is 1.41. The van der Waals surface area contributed by atoms with Gasteiger partial charge in [0.05, 0.1) is 6.61 Å². The van der Waals surface area contributed by atoms with E-state index in [1.807, 2.05) is 37.3 Å². The smallest absolute Gasteiger partial charge is 0.135 e. The van der Waals surface area contributed by atoms with Gasteiger partial charge in [0.1, 0.15) is 18.0 Å². The van der Waals surface area contributed by atoms with Crippen LogP contribution in [0.4, 0.5) is 17.3 Å². The molecule has 1 aromatic heterocycles. The molecule has 0 spiro atoms. The van der Waals surface area contributed by atoms with Gasteiger partial charge in [-0.25, -0.2) is 9.97 Å². The fraction of sp³-hybridized carbons (Fsp3) is 0.231. The van der Waals surface area contributed by atoms with Gasteiger partial charge in [0, 0.05) is 18.3 Å². The van der Waals surface area contributed by atoms with Crippen LogP contribution in [0.1, 0.15) is 5.56 Å². The first-order chi connectivity index (χ1) is 8.79. The second-order valence-electron chi connectivity index (χ2n) is 3.88. The number of aryl methyl sites for hydroxylation is 1. The Bertz CT molecular complexity index is 516. The molecule has 5 nitrogen and oxygen atoms in total. The number of para-hydroxylation sites is 1. The molecule has 3 N–H and O–H groups in total. The lowest BCUT2D eigenvalue weighted by molar-refractivity contribution is 0.311. The quantitative estimate of drug-likeness (QED) is 0.749. The molecular weight excluding hydrogens is 228 g/mol. The lowest BCUT2D eigenvalue weighted by Crippen LogP contribution is -2.07. The van der Waals surface area contributed by atoms with Crippen LogP contribution in [0.2, 0.25) is 0 Å². The van der Waals surface area contributed by atoms with Crippen molar-refractivity contribution in [3.8, 4) is 0 Å². The van der Waals surface area contributed by atoms with Gasteiger partial charge in [-0.15, -0.1) is 0 Å². The van der Waals surface area contributed by atoms with Crippen LogP contribution < -0.4 is 10.6 Å². The summed E-state index contributed by atoms with van der Waals surface area (Å²) in [6.45, 7) is 2.58. The summed E-state index contributed by atoms with van der Waals surface area (Å²) in [5.41, 5.74) is 2.17. The zero-order valence-electron chi connectivity index (χ0n) is 10.2. The highest BCUT2D eigenvalue weighted by atomic mass is 16.3. The van der Waals surface area contributed by atoms with E-state index < -0.39 is 0 Å². The molecule has 0 amide bonds. The minimum absolute atomic E-state index is 0.0740. The highest BCUT2D eigenvalue weighted by Gasteiger charge is 2.00. The van der Waals surface area contributed by atoms with Crippen molar-refractivity contribution in [2.24, 2.45) is 0 Å². The number of aliphatic hydroxyl groups excluding tert-OH is 1. The number of nitrogens with zero attached hydrogens (tertiary/aromatic N) is 2. The standard InChI is InChI=1S/C13H16N4O/c1-10-4-2-3-5-11(10)17-13-8-12(14-6-7-18)15-9-16-13/h2-5,8-9,18H,6-7H2,1H3,(H2,14,15,16,17). The number of aromatic nitrogens is 2. The number of hydrogen-bond acceptors (Lipinski definition) is 5.